The number of nitrogens with one attached hydrogen (secondary N) is 1. The zero-order valence-corrected chi connectivity index (χ0v) is 14.6. The smallest absolute Gasteiger partial charge is 0.230 e. The lowest BCUT2D eigenvalue weighted by Crippen LogP contribution is -2.35. The van der Waals surface area contributed by atoms with Gasteiger partial charge in [0.05, 0.1) is 5.75 Å². The van der Waals surface area contributed by atoms with Crippen LogP contribution in [0.5, 0.6) is 0 Å². The van der Waals surface area contributed by atoms with Gasteiger partial charge in [-0.2, -0.15) is 0 Å². The SMILES string of the molecule is Cc1ccccc1-c1nnc(SCC(=O)N[C@@H](C)C2CC2)n1C. The molecule has 0 saturated heterocycles. The monoisotopic (exact) mass is 330 g/mol. The number of amides is 1. The topological polar surface area (TPSA) is 59.8 Å². The molecule has 1 aliphatic carbocycles. The maximum Gasteiger partial charge on any atom is 0.230 e. The molecule has 122 valence electrons. The second-order valence-electron chi connectivity index (χ2n) is 6.16. The van der Waals surface area contributed by atoms with Gasteiger partial charge in [-0.3, -0.25) is 4.79 Å². The van der Waals surface area contributed by atoms with Crippen LogP contribution in [0.1, 0.15) is 25.3 Å². The van der Waals surface area contributed by atoms with Crippen molar-refractivity contribution >= 4 is 17.7 Å². The Balaban J connectivity index is 1.63. The van der Waals surface area contributed by atoms with E-state index in [0.717, 1.165) is 22.1 Å². The van der Waals surface area contributed by atoms with E-state index in [9.17, 15) is 4.79 Å². The summed E-state index contributed by atoms with van der Waals surface area (Å²) in [6.07, 6.45) is 2.47. The van der Waals surface area contributed by atoms with Crippen molar-refractivity contribution in [3.63, 3.8) is 0 Å². The van der Waals surface area contributed by atoms with Crippen LogP contribution in [0.3, 0.4) is 0 Å². The third-order valence-electron chi connectivity index (χ3n) is 4.27. The van der Waals surface area contributed by atoms with Crippen LogP contribution in [-0.4, -0.2) is 32.5 Å². The third-order valence-corrected chi connectivity index (χ3v) is 5.29. The maximum absolute atomic E-state index is 12.0. The highest BCUT2D eigenvalue weighted by Crippen LogP contribution is 2.32. The number of hydrogen-bond acceptors (Lipinski definition) is 4. The number of benzene rings is 1. The number of thioether (sulfide) groups is 1. The average Bonchev–Trinajstić information content (AvgIpc) is 3.31. The first kappa shape index (κ1) is 16.1. The quantitative estimate of drug-likeness (QED) is 0.828. The number of hydrogen-bond donors (Lipinski definition) is 1. The van der Waals surface area contributed by atoms with Crippen molar-refractivity contribution < 1.29 is 4.79 Å². The molecule has 1 aliphatic rings. The number of carbonyl (C=O) groups is 1. The number of nitrogens with zero attached hydrogens (tertiary/aromatic N) is 3. The Morgan fingerprint density at radius 1 is 1.39 bits per heavy atom. The van der Waals surface area contributed by atoms with Gasteiger partial charge in [0.25, 0.3) is 0 Å². The second kappa shape index (κ2) is 6.74. The summed E-state index contributed by atoms with van der Waals surface area (Å²) < 4.78 is 1.95. The van der Waals surface area contributed by atoms with Gasteiger partial charge in [0.2, 0.25) is 5.91 Å². The fraction of sp³-hybridized carbons (Fsp3) is 0.471. The van der Waals surface area contributed by atoms with E-state index in [4.69, 9.17) is 0 Å². The minimum atomic E-state index is 0.0647. The van der Waals surface area contributed by atoms with Crippen LogP contribution in [0.4, 0.5) is 0 Å². The van der Waals surface area contributed by atoms with Gasteiger partial charge in [0.15, 0.2) is 11.0 Å². The van der Waals surface area contributed by atoms with Crippen LogP contribution >= 0.6 is 11.8 Å². The van der Waals surface area contributed by atoms with Crippen LogP contribution < -0.4 is 5.32 Å². The van der Waals surface area contributed by atoms with E-state index in [-0.39, 0.29) is 11.9 Å². The van der Waals surface area contributed by atoms with Gasteiger partial charge in [0.1, 0.15) is 0 Å². The van der Waals surface area contributed by atoms with Gasteiger partial charge in [-0.05, 0) is 38.2 Å². The zero-order chi connectivity index (χ0) is 16.4. The number of aromatic nitrogens is 3. The summed E-state index contributed by atoms with van der Waals surface area (Å²) in [6, 6.07) is 8.39. The largest absolute Gasteiger partial charge is 0.353 e. The van der Waals surface area contributed by atoms with Gasteiger partial charge in [0, 0.05) is 18.7 Å². The Hall–Kier alpha value is -1.82. The van der Waals surface area contributed by atoms with Crippen molar-refractivity contribution in [1.82, 2.24) is 20.1 Å². The molecular weight excluding hydrogens is 308 g/mol. The molecule has 1 N–H and O–H groups in total. The molecule has 1 aromatic carbocycles. The Labute approximate surface area is 140 Å². The summed E-state index contributed by atoms with van der Waals surface area (Å²) in [5, 5.41) is 12.3. The fourth-order valence-electron chi connectivity index (χ4n) is 2.64. The highest BCUT2D eigenvalue weighted by atomic mass is 32.2. The third kappa shape index (κ3) is 3.75. The summed E-state index contributed by atoms with van der Waals surface area (Å²) in [4.78, 5) is 12.0. The molecule has 0 radical (unpaired) electrons. The Kier molecular flexibility index (Phi) is 4.71. The summed E-state index contributed by atoms with van der Waals surface area (Å²) >= 11 is 1.43. The van der Waals surface area contributed by atoms with E-state index < -0.39 is 0 Å². The molecule has 1 amide bonds. The standard InChI is InChI=1S/C17H22N4OS/c1-11-6-4-5-7-14(11)16-19-20-17(21(16)3)23-10-15(22)18-12(2)13-8-9-13/h4-7,12-13H,8-10H2,1-3H3,(H,18,22)/t12-/m0/s1. The van der Waals surface area contributed by atoms with E-state index in [1.807, 2.05) is 29.8 Å². The second-order valence-corrected chi connectivity index (χ2v) is 7.10. The number of rotatable bonds is 6. The van der Waals surface area contributed by atoms with Crippen LogP contribution in [-0.2, 0) is 11.8 Å². The molecule has 0 bridgehead atoms. The van der Waals surface area contributed by atoms with Crippen molar-refractivity contribution in [2.24, 2.45) is 13.0 Å². The molecule has 1 fully saturated rings. The van der Waals surface area contributed by atoms with Crippen molar-refractivity contribution in [3.05, 3.63) is 29.8 Å². The predicted molar refractivity (Wildman–Crippen MR) is 92.2 cm³/mol. The Morgan fingerprint density at radius 2 is 2.13 bits per heavy atom. The molecule has 1 saturated carbocycles. The maximum atomic E-state index is 12.0. The lowest BCUT2D eigenvalue weighted by molar-refractivity contribution is -0.119. The van der Waals surface area contributed by atoms with Crippen LogP contribution in [0.15, 0.2) is 29.4 Å². The summed E-state index contributed by atoms with van der Waals surface area (Å²) in [6.45, 7) is 4.14. The molecule has 2 aromatic rings. The Morgan fingerprint density at radius 3 is 2.83 bits per heavy atom. The predicted octanol–water partition coefficient (Wildman–Crippen LogP) is 2.80. The molecule has 1 heterocycles. The molecule has 23 heavy (non-hydrogen) atoms. The first-order valence-corrected chi connectivity index (χ1v) is 8.92. The van der Waals surface area contributed by atoms with Gasteiger partial charge >= 0.3 is 0 Å². The molecular formula is C17H22N4OS. The molecule has 0 aliphatic heterocycles. The number of carbonyl (C=O) groups excluding carboxylic acids is 1. The van der Waals surface area contributed by atoms with E-state index >= 15 is 0 Å². The summed E-state index contributed by atoms with van der Waals surface area (Å²) in [7, 11) is 1.94. The lowest BCUT2D eigenvalue weighted by atomic mass is 10.1. The van der Waals surface area contributed by atoms with Crippen LogP contribution in [0.25, 0.3) is 11.4 Å². The molecule has 1 aromatic heterocycles. The first-order chi connectivity index (χ1) is 11.1. The molecule has 0 spiro atoms. The molecule has 1 atom stereocenters. The average molecular weight is 330 g/mol. The van der Waals surface area contributed by atoms with E-state index in [1.165, 1.54) is 24.6 Å². The highest BCUT2D eigenvalue weighted by Gasteiger charge is 2.28. The normalized spacial score (nSPS) is 15.4. The van der Waals surface area contributed by atoms with Gasteiger partial charge in [-0.25, -0.2) is 0 Å². The van der Waals surface area contributed by atoms with Crippen molar-refractivity contribution in [2.75, 3.05) is 5.75 Å². The van der Waals surface area contributed by atoms with Crippen LogP contribution in [0.2, 0.25) is 0 Å². The fourth-order valence-corrected chi connectivity index (χ4v) is 3.36. The van der Waals surface area contributed by atoms with Crippen LogP contribution in [0, 0.1) is 12.8 Å². The van der Waals surface area contributed by atoms with E-state index in [0.29, 0.717) is 11.7 Å². The van der Waals surface area contributed by atoms with Gasteiger partial charge < -0.3 is 9.88 Å². The Bertz CT molecular complexity index is 708. The summed E-state index contributed by atoms with van der Waals surface area (Å²) in [5.74, 6) is 1.94. The van der Waals surface area contributed by atoms with Gasteiger partial charge in [-0.15, -0.1) is 10.2 Å². The molecule has 5 nitrogen and oxygen atoms in total. The van der Waals surface area contributed by atoms with Gasteiger partial charge in [-0.1, -0.05) is 36.0 Å². The van der Waals surface area contributed by atoms with Crippen molar-refractivity contribution in [2.45, 2.75) is 37.9 Å². The molecule has 0 unspecified atom stereocenters. The minimum Gasteiger partial charge on any atom is -0.353 e. The summed E-state index contributed by atoms with van der Waals surface area (Å²) in [5.41, 5.74) is 2.23. The lowest BCUT2D eigenvalue weighted by Gasteiger charge is -2.12. The van der Waals surface area contributed by atoms with Crippen molar-refractivity contribution in [1.29, 1.82) is 0 Å². The highest BCUT2D eigenvalue weighted by molar-refractivity contribution is 7.99. The van der Waals surface area contributed by atoms with E-state index in [1.54, 1.807) is 0 Å². The molecule has 3 rings (SSSR count). The van der Waals surface area contributed by atoms with Crippen molar-refractivity contribution in [3.8, 4) is 11.4 Å². The minimum absolute atomic E-state index is 0.0647. The first-order valence-electron chi connectivity index (χ1n) is 7.94. The zero-order valence-electron chi connectivity index (χ0n) is 13.7. The van der Waals surface area contributed by atoms with E-state index in [2.05, 4.69) is 35.4 Å². The molecule has 6 heteroatoms. The number of aryl methyl sites for hydroxylation is 1.